The molecule has 2 amide bonds. The van der Waals surface area contributed by atoms with E-state index >= 15 is 0 Å². The first kappa shape index (κ1) is 20.8. The molecule has 4 rings (SSSR count). The molecule has 9 nitrogen and oxygen atoms in total. The predicted molar refractivity (Wildman–Crippen MR) is 113 cm³/mol. The molecule has 2 aliphatic rings. The Bertz CT molecular complexity index is 1070. The van der Waals surface area contributed by atoms with Crippen LogP contribution in [0.15, 0.2) is 33.8 Å². The van der Waals surface area contributed by atoms with E-state index < -0.39 is 10.8 Å². The predicted octanol–water partition coefficient (Wildman–Crippen LogP) is 3.64. The van der Waals surface area contributed by atoms with Crippen molar-refractivity contribution >= 4 is 23.2 Å². The highest BCUT2D eigenvalue weighted by atomic mass is 16.6. The van der Waals surface area contributed by atoms with Crippen LogP contribution in [0.25, 0.3) is 0 Å². The monoisotopic (exact) mass is 424 g/mol. The summed E-state index contributed by atoms with van der Waals surface area (Å²) in [5.74, 6) is 0.252. The molecule has 0 spiro atoms. The van der Waals surface area contributed by atoms with Gasteiger partial charge in [0.25, 0.3) is 17.5 Å². The number of nitro benzene ring substituents is 1. The van der Waals surface area contributed by atoms with Crippen molar-refractivity contribution in [3.05, 3.63) is 62.6 Å². The minimum Gasteiger partial charge on any atom is -0.455 e. The number of carbonyl (C=O) groups is 2. The van der Waals surface area contributed by atoms with Crippen molar-refractivity contribution in [1.29, 1.82) is 0 Å². The first-order valence-electron chi connectivity index (χ1n) is 10.5. The van der Waals surface area contributed by atoms with E-state index in [9.17, 15) is 19.7 Å². The number of nitrogens with one attached hydrogen (secondary N) is 2. The van der Waals surface area contributed by atoms with Gasteiger partial charge in [0.05, 0.1) is 10.6 Å². The van der Waals surface area contributed by atoms with Gasteiger partial charge in [-0.3, -0.25) is 19.7 Å². The van der Waals surface area contributed by atoms with Gasteiger partial charge >= 0.3 is 0 Å². The molecule has 1 fully saturated rings. The third kappa shape index (κ3) is 4.35. The van der Waals surface area contributed by atoms with E-state index in [1.807, 2.05) is 6.92 Å². The normalized spacial score (nSPS) is 17.4. The lowest BCUT2D eigenvalue weighted by Crippen LogP contribution is -2.32. The standard InChI is InChI=1S/C22H24N4O5/c1-13-19-17(24-25-21(27)14-6-4-9-16(12-14)26(29)30)10-5-11-18(19)31-20(13)22(28)23-15-7-2-3-8-15/h4,6,9,12,15H,2-3,5,7-8,10-11H2,1H3,(H,23,28)(H,25,27)/b24-17+. The zero-order valence-corrected chi connectivity index (χ0v) is 17.3. The lowest BCUT2D eigenvalue weighted by atomic mass is 9.93. The Kier molecular flexibility index (Phi) is 5.83. The second-order valence-corrected chi connectivity index (χ2v) is 7.97. The van der Waals surface area contributed by atoms with Gasteiger partial charge in [0, 0.05) is 41.3 Å². The molecule has 2 N–H and O–H groups in total. The molecule has 2 aliphatic carbocycles. The number of non-ortho nitro benzene ring substituents is 1. The van der Waals surface area contributed by atoms with E-state index in [1.54, 1.807) is 0 Å². The van der Waals surface area contributed by atoms with E-state index in [0.717, 1.165) is 37.7 Å². The Morgan fingerprint density at radius 2 is 1.94 bits per heavy atom. The number of furan rings is 1. The van der Waals surface area contributed by atoms with Crippen LogP contribution in [0.3, 0.4) is 0 Å². The number of amides is 2. The highest BCUT2D eigenvalue weighted by molar-refractivity contribution is 6.07. The van der Waals surface area contributed by atoms with Crippen LogP contribution in [-0.4, -0.2) is 28.5 Å². The summed E-state index contributed by atoms with van der Waals surface area (Å²) in [6, 6.07) is 5.66. The second kappa shape index (κ2) is 8.71. The number of hydrogen-bond donors (Lipinski definition) is 2. The maximum Gasteiger partial charge on any atom is 0.287 e. The molecule has 0 bridgehead atoms. The van der Waals surface area contributed by atoms with Gasteiger partial charge in [-0.1, -0.05) is 18.9 Å². The van der Waals surface area contributed by atoms with E-state index in [2.05, 4.69) is 15.8 Å². The molecule has 1 aromatic carbocycles. The third-order valence-electron chi connectivity index (χ3n) is 5.83. The Morgan fingerprint density at radius 3 is 2.68 bits per heavy atom. The first-order chi connectivity index (χ1) is 14.9. The number of hydrogen-bond acceptors (Lipinski definition) is 6. The van der Waals surface area contributed by atoms with Crippen molar-refractivity contribution in [2.45, 2.75) is 57.9 Å². The van der Waals surface area contributed by atoms with Crippen molar-refractivity contribution in [1.82, 2.24) is 10.7 Å². The van der Waals surface area contributed by atoms with Crippen LogP contribution in [0.2, 0.25) is 0 Å². The van der Waals surface area contributed by atoms with Crippen LogP contribution in [0.1, 0.15) is 76.3 Å². The Balaban J connectivity index is 1.53. The average molecular weight is 424 g/mol. The molecular formula is C22H24N4O5. The van der Waals surface area contributed by atoms with Gasteiger partial charge in [-0.25, -0.2) is 5.43 Å². The first-order valence-corrected chi connectivity index (χ1v) is 10.5. The van der Waals surface area contributed by atoms with Gasteiger partial charge < -0.3 is 9.73 Å². The number of nitro groups is 1. The van der Waals surface area contributed by atoms with Crippen LogP contribution in [0.4, 0.5) is 5.69 Å². The lowest BCUT2D eigenvalue weighted by Gasteiger charge is -2.13. The summed E-state index contributed by atoms with van der Waals surface area (Å²) >= 11 is 0. The zero-order chi connectivity index (χ0) is 22.0. The largest absolute Gasteiger partial charge is 0.455 e. The number of carbonyl (C=O) groups excluding carboxylic acids is 2. The molecule has 0 aliphatic heterocycles. The van der Waals surface area contributed by atoms with Crippen molar-refractivity contribution in [2.75, 3.05) is 0 Å². The molecular weight excluding hydrogens is 400 g/mol. The van der Waals surface area contributed by atoms with Gasteiger partial charge in [-0.15, -0.1) is 0 Å². The number of rotatable bonds is 5. The molecule has 0 radical (unpaired) electrons. The highest BCUT2D eigenvalue weighted by Crippen LogP contribution is 2.30. The number of hydrazone groups is 1. The third-order valence-corrected chi connectivity index (χ3v) is 5.83. The minimum absolute atomic E-state index is 0.148. The van der Waals surface area contributed by atoms with Crippen LogP contribution < -0.4 is 10.7 Å². The summed E-state index contributed by atoms with van der Waals surface area (Å²) in [5.41, 5.74) is 4.59. The number of nitrogens with zero attached hydrogens (tertiary/aromatic N) is 2. The topological polar surface area (TPSA) is 127 Å². The summed E-state index contributed by atoms with van der Waals surface area (Å²) < 4.78 is 5.89. The summed E-state index contributed by atoms with van der Waals surface area (Å²) in [5, 5.41) is 18.2. The number of aryl methyl sites for hydroxylation is 1. The smallest absolute Gasteiger partial charge is 0.287 e. The SMILES string of the molecule is Cc1c(C(=O)NC2CCCC2)oc2c1/C(=N/NC(=O)c1cccc([N+](=O)[O-])c1)CCC2. The quantitative estimate of drug-likeness (QED) is 0.560. The fraction of sp³-hybridized carbons (Fsp3) is 0.409. The molecule has 1 saturated carbocycles. The van der Waals surface area contributed by atoms with E-state index in [-0.39, 0.29) is 23.2 Å². The molecule has 162 valence electrons. The van der Waals surface area contributed by atoms with Gasteiger partial charge in [0.1, 0.15) is 5.76 Å². The second-order valence-electron chi connectivity index (χ2n) is 7.97. The van der Waals surface area contributed by atoms with Crippen LogP contribution in [-0.2, 0) is 6.42 Å². The van der Waals surface area contributed by atoms with Gasteiger partial charge in [0.15, 0.2) is 5.76 Å². The highest BCUT2D eigenvalue weighted by Gasteiger charge is 2.29. The Labute approximate surface area is 179 Å². The van der Waals surface area contributed by atoms with Crippen LogP contribution in [0.5, 0.6) is 0 Å². The molecule has 9 heteroatoms. The van der Waals surface area contributed by atoms with Gasteiger partial charge in [-0.2, -0.15) is 5.10 Å². The lowest BCUT2D eigenvalue weighted by molar-refractivity contribution is -0.384. The summed E-state index contributed by atoms with van der Waals surface area (Å²) in [7, 11) is 0. The average Bonchev–Trinajstić information content (AvgIpc) is 3.40. The summed E-state index contributed by atoms with van der Waals surface area (Å²) in [4.78, 5) is 35.5. The summed E-state index contributed by atoms with van der Waals surface area (Å²) in [6.45, 7) is 1.83. The maximum absolute atomic E-state index is 12.7. The minimum atomic E-state index is -0.553. The fourth-order valence-electron chi connectivity index (χ4n) is 4.26. The fourth-order valence-corrected chi connectivity index (χ4v) is 4.26. The van der Waals surface area contributed by atoms with Gasteiger partial charge in [0.2, 0.25) is 0 Å². The number of benzene rings is 1. The maximum atomic E-state index is 12.7. The van der Waals surface area contributed by atoms with Gasteiger partial charge in [-0.05, 0) is 38.7 Å². The molecule has 1 heterocycles. The van der Waals surface area contributed by atoms with E-state index in [0.29, 0.717) is 35.6 Å². The van der Waals surface area contributed by atoms with Crippen molar-refractivity contribution in [3.8, 4) is 0 Å². The molecule has 0 atom stereocenters. The van der Waals surface area contributed by atoms with E-state index in [1.165, 1.54) is 24.3 Å². The van der Waals surface area contributed by atoms with Crippen molar-refractivity contribution < 1.29 is 18.9 Å². The Morgan fingerprint density at radius 1 is 1.16 bits per heavy atom. The Hall–Kier alpha value is -3.49. The van der Waals surface area contributed by atoms with Crippen molar-refractivity contribution in [3.63, 3.8) is 0 Å². The van der Waals surface area contributed by atoms with Crippen LogP contribution >= 0.6 is 0 Å². The summed E-state index contributed by atoms with van der Waals surface area (Å²) in [6.07, 6.45) is 6.34. The molecule has 0 unspecified atom stereocenters. The zero-order valence-electron chi connectivity index (χ0n) is 17.3. The molecule has 31 heavy (non-hydrogen) atoms. The molecule has 1 aromatic heterocycles. The van der Waals surface area contributed by atoms with Crippen LogP contribution in [0, 0.1) is 17.0 Å². The van der Waals surface area contributed by atoms with E-state index in [4.69, 9.17) is 4.42 Å². The molecule has 0 saturated heterocycles. The van der Waals surface area contributed by atoms with Crippen molar-refractivity contribution in [2.24, 2.45) is 5.10 Å². The molecule has 2 aromatic rings. The number of fused-ring (bicyclic) bond motifs is 1.